The summed E-state index contributed by atoms with van der Waals surface area (Å²) in [6.07, 6.45) is 9.01. The van der Waals surface area contributed by atoms with Gasteiger partial charge in [0, 0.05) is 7.11 Å². The van der Waals surface area contributed by atoms with Crippen molar-refractivity contribution in [2.45, 2.75) is 122 Å². The van der Waals surface area contributed by atoms with Crippen molar-refractivity contribution in [2.24, 2.45) is 45.8 Å². The minimum Gasteiger partial charge on any atom is -0.393 e. The lowest BCUT2D eigenvalue weighted by molar-refractivity contribution is -0.147. The van der Waals surface area contributed by atoms with Gasteiger partial charge in [-0.25, -0.2) is 0 Å². The largest absolute Gasteiger partial charge is 0.393 e. The molecule has 5 nitrogen and oxygen atoms in total. The summed E-state index contributed by atoms with van der Waals surface area (Å²) in [6.45, 7) is 8.20. The number of methoxy groups -OCH3 is 1. The molecule has 12 atom stereocenters. The minimum absolute atomic E-state index is 0.128. The highest BCUT2D eigenvalue weighted by atomic mass is 16.5. The second-order valence-electron chi connectivity index (χ2n) is 13.7. The number of aliphatic hydroxyl groups excluding tert-OH is 3. The summed E-state index contributed by atoms with van der Waals surface area (Å²) in [7, 11) is 1.67. The van der Waals surface area contributed by atoms with E-state index in [2.05, 4.69) is 13.8 Å². The third-order valence-electron chi connectivity index (χ3n) is 12.1. The second-order valence-corrected chi connectivity index (χ2v) is 13.7. The fraction of sp³-hybridized carbons (Fsp3) is 1.00. The molecule has 0 aromatic heterocycles. The molecular formula is C28H48O5. The van der Waals surface area contributed by atoms with Gasteiger partial charge in [0.25, 0.3) is 0 Å². The van der Waals surface area contributed by atoms with Crippen LogP contribution in [-0.2, 0) is 4.74 Å². The Morgan fingerprint density at radius 3 is 2.33 bits per heavy atom. The summed E-state index contributed by atoms with van der Waals surface area (Å²) in [5.41, 5.74) is -0.155. The Balaban J connectivity index is 1.33. The van der Waals surface area contributed by atoms with Crippen LogP contribution in [0.25, 0.3) is 0 Å². The molecule has 0 bridgehead atoms. The predicted octanol–water partition coefficient (Wildman–Crippen LogP) is 3.90. The molecule has 4 N–H and O–H groups in total. The molecule has 190 valence electrons. The SMILES string of the molecule is COC(CCCC1C(O)CC2C3C[C@H](O)C4C(C)C(O)CCC45CC35CCC12C)C(C)(C)O. The van der Waals surface area contributed by atoms with Crippen molar-refractivity contribution < 1.29 is 25.2 Å². The van der Waals surface area contributed by atoms with Gasteiger partial charge in [-0.3, -0.25) is 0 Å². The van der Waals surface area contributed by atoms with Crippen LogP contribution in [0, 0.1) is 45.8 Å². The zero-order chi connectivity index (χ0) is 24.0. The normalized spacial score (nSPS) is 54.1. The van der Waals surface area contributed by atoms with Crippen LogP contribution in [-0.4, -0.2) is 57.6 Å². The maximum Gasteiger partial charge on any atom is 0.0852 e. The lowest BCUT2D eigenvalue weighted by Crippen LogP contribution is -2.55. The highest BCUT2D eigenvalue weighted by Gasteiger charge is 2.80. The summed E-state index contributed by atoms with van der Waals surface area (Å²) in [4.78, 5) is 0. The molecule has 0 radical (unpaired) electrons. The van der Waals surface area contributed by atoms with E-state index in [4.69, 9.17) is 4.74 Å². The van der Waals surface area contributed by atoms with E-state index in [0.29, 0.717) is 17.3 Å². The second kappa shape index (κ2) is 7.90. The monoisotopic (exact) mass is 464 g/mol. The number of hydrogen-bond acceptors (Lipinski definition) is 5. The topological polar surface area (TPSA) is 90.2 Å². The summed E-state index contributed by atoms with van der Waals surface area (Å²) < 4.78 is 5.55. The van der Waals surface area contributed by atoms with Crippen LogP contribution < -0.4 is 0 Å². The van der Waals surface area contributed by atoms with Crippen LogP contribution in [0.3, 0.4) is 0 Å². The molecule has 2 spiro atoms. The minimum atomic E-state index is -0.855. The van der Waals surface area contributed by atoms with Gasteiger partial charge in [-0.15, -0.1) is 0 Å². The van der Waals surface area contributed by atoms with Crippen molar-refractivity contribution in [2.75, 3.05) is 7.11 Å². The van der Waals surface area contributed by atoms with Gasteiger partial charge < -0.3 is 25.2 Å². The van der Waals surface area contributed by atoms with Crippen LogP contribution in [0.4, 0.5) is 0 Å². The van der Waals surface area contributed by atoms with Gasteiger partial charge in [0.15, 0.2) is 0 Å². The van der Waals surface area contributed by atoms with Gasteiger partial charge >= 0.3 is 0 Å². The molecule has 5 saturated carbocycles. The number of hydrogen-bond donors (Lipinski definition) is 4. The van der Waals surface area contributed by atoms with E-state index in [1.54, 1.807) is 7.11 Å². The van der Waals surface area contributed by atoms with Crippen molar-refractivity contribution >= 4 is 0 Å². The number of rotatable bonds is 6. The van der Waals surface area contributed by atoms with E-state index >= 15 is 0 Å². The third-order valence-corrected chi connectivity index (χ3v) is 12.1. The summed E-state index contributed by atoms with van der Waals surface area (Å²) >= 11 is 0. The van der Waals surface area contributed by atoms with Crippen LogP contribution in [0.15, 0.2) is 0 Å². The molecule has 0 heterocycles. The van der Waals surface area contributed by atoms with Crippen LogP contribution in [0.5, 0.6) is 0 Å². The molecule has 5 aliphatic rings. The van der Waals surface area contributed by atoms with Crippen molar-refractivity contribution in [3.63, 3.8) is 0 Å². The molecule has 11 unspecified atom stereocenters. The van der Waals surface area contributed by atoms with Crippen LogP contribution >= 0.6 is 0 Å². The summed E-state index contributed by atoms with van der Waals surface area (Å²) in [5.74, 6) is 1.71. The maximum absolute atomic E-state index is 11.4. The molecule has 33 heavy (non-hydrogen) atoms. The highest BCUT2D eigenvalue weighted by molar-refractivity contribution is 5.29. The first-order valence-electron chi connectivity index (χ1n) is 13.7. The summed E-state index contributed by atoms with van der Waals surface area (Å²) in [6, 6.07) is 0. The fourth-order valence-corrected chi connectivity index (χ4v) is 10.5. The maximum atomic E-state index is 11.4. The molecule has 0 amide bonds. The van der Waals surface area contributed by atoms with Gasteiger partial charge in [0.1, 0.15) is 0 Å². The van der Waals surface area contributed by atoms with E-state index in [9.17, 15) is 20.4 Å². The van der Waals surface area contributed by atoms with Crippen molar-refractivity contribution in [1.29, 1.82) is 0 Å². The van der Waals surface area contributed by atoms with Gasteiger partial charge in [-0.05, 0) is 117 Å². The summed E-state index contributed by atoms with van der Waals surface area (Å²) in [5, 5.41) is 43.5. The number of ether oxygens (including phenoxy) is 1. The molecule has 5 heteroatoms. The average Bonchev–Trinajstić information content (AvgIpc) is 3.31. The Hall–Kier alpha value is -0.200. The van der Waals surface area contributed by atoms with Crippen LogP contribution in [0.1, 0.15) is 91.9 Å². The molecule has 5 fully saturated rings. The Morgan fingerprint density at radius 2 is 1.67 bits per heavy atom. The Morgan fingerprint density at radius 1 is 0.970 bits per heavy atom. The third kappa shape index (κ3) is 3.35. The lowest BCUT2D eigenvalue weighted by Gasteiger charge is -2.58. The Labute approximate surface area is 200 Å². The highest BCUT2D eigenvalue weighted by Crippen LogP contribution is 2.85. The van der Waals surface area contributed by atoms with Gasteiger partial charge in [0.2, 0.25) is 0 Å². The quantitative estimate of drug-likeness (QED) is 0.479. The first-order valence-corrected chi connectivity index (χ1v) is 13.7. The molecule has 5 aliphatic carbocycles. The lowest BCUT2D eigenvalue weighted by atomic mass is 9.47. The Bertz CT molecular complexity index is 749. The number of aliphatic hydroxyl groups is 4. The molecule has 0 saturated heterocycles. The van der Waals surface area contributed by atoms with Gasteiger partial charge in [0.05, 0.1) is 30.0 Å². The average molecular weight is 465 g/mol. The van der Waals surface area contributed by atoms with Crippen molar-refractivity contribution in [3.8, 4) is 0 Å². The van der Waals surface area contributed by atoms with E-state index in [0.717, 1.165) is 44.9 Å². The zero-order valence-corrected chi connectivity index (χ0v) is 21.5. The zero-order valence-electron chi connectivity index (χ0n) is 21.5. The fourth-order valence-electron chi connectivity index (χ4n) is 10.5. The van der Waals surface area contributed by atoms with Crippen molar-refractivity contribution in [3.05, 3.63) is 0 Å². The van der Waals surface area contributed by atoms with E-state index in [1.807, 2.05) is 13.8 Å². The molecule has 5 rings (SSSR count). The van der Waals surface area contributed by atoms with E-state index < -0.39 is 5.60 Å². The molecule has 0 aromatic carbocycles. The predicted molar refractivity (Wildman–Crippen MR) is 127 cm³/mol. The van der Waals surface area contributed by atoms with Gasteiger partial charge in [-0.2, -0.15) is 0 Å². The van der Waals surface area contributed by atoms with Crippen molar-refractivity contribution in [1.82, 2.24) is 0 Å². The number of fused-ring (bicyclic) bond motifs is 2. The molecular weight excluding hydrogens is 416 g/mol. The van der Waals surface area contributed by atoms with Crippen LogP contribution in [0.2, 0.25) is 0 Å². The van der Waals surface area contributed by atoms with Gasteiger partial charge in [-0.1, -0.05) is 20.3 Å². The first-order chi connectivity index (χ1) is 15.4. The standard InChI is InChI=1S/C28H48O5/c1-16-20(29)9-10-28-15-27(28)12-11-26(4)17(7-6-8-23(33-5)25(2,3)32)21(30)13-18(26)19(27)14-22(31)24(16)28/h16-24,29-32H,6-15H2,1-5H3/t16?,17?,18?,19?,20?,21?,22-,23?,24?,26?,27?,28?/m0/s1. The molecule has 0 aromatic rings. The Kier molecular flexibility index (Phi) is 5.86. The first kappa shape index (κ1) is 24.5. The molecule has 0 aliphatic heterocycles. The van der Waals surface area contributed by atoms with E-state index in [-0.39, 0.29) is 53.0 Å². The van der Waals surface area contributed by atoms with E-state index in [1.165, 1.54) is 19.3 Å². The smallest absolute Gasteiger partial charge is 0.0852 e.